The smallest absolute Gasteiger partial charge is 0.338 e. The van der Waals surface area contributed by atoms with Crippen molar-refractivity contribution in [3.05, 3.63) is 88.5 Å². The van der Waals surface area contributed by atoms with E-state index in [2.05, 4.69) is 56.6 Å². The van der Waals surface area contributed by atoms with Crippen molar-refractivity contribution in [2.45, 2.75) is 70.6 Å². The van der Waals surface area contributed by atoms with Crippen molar-refractivity contribution in [1.29, 1.82) is 0 Å². The molecule has 0 heterocycles. The lowest BCUT2D eigenvalue weighted by Crippen LogP contribution is -2.46. The summed E-state index contributed by atoms with van der Waals surface area (Å²) in [7, 11) is 0. The van der Waals surface area contributed by atoms with Crippen LogP contribution in [0.15, 0.2) is 65.6 Å². The van der Waals surface area contributed by atoms with Gasteiger partial charge in [-0.15, -0.1) is 11.8 Å². The Morgan fingerprint density at radius 3 is 2.46 bits per heavy atom. The number of thioether (sulfide) groups is 1. The number of β-amino-alcohol motifs (C(OH)–C–C–N with tert-alkyl or cyclic N) is 1. The molecule has 0 fully saturated rings. The summed E-state index contributed by atoms with van der Waals surface area (Å²) < 4.78 is 11.3. The molecule has 0 spiro atoms. The van der Waals surface area contributed by atoms with E-state index in [4.69, 9.17) is 9.47 Å². The van der Waals surface area contributed by atoms with E-state index in [0.717, 1.165) is 28.7 Å². The third kappa shape index (κ3) is 8.67. The highest BCUT2D eigenvalue weighted by atomic mass is 32.2. The van der Waals surface area contributed by atoms with Gasteiger partial charge in [-0.1, -0.05) is 48.5 Å². The average Bonchev–Trinajstić information content (AvgIpc) is 2.90. The fraction of sp³-hybridized carbons (Fsp3) is 0.424. The first kappa shape index (κ1) is 30.9. The third-order valence-electron chi connectivity index (χ3n) is 6.89. The Balaban J connectivity index is 1.59. The SMILES string of the molecule is CCOC(=O)c1ccc(-c2ccccc2[C@@H](C)OC[C@@H](O)CNC(C)(C)Cc2ccc(SC)c(C)c2)cc1C. The van der Waals surface area contributed by atoms with Gasteiger partial charge < -0.3 is 19.9 Å². The van der Waals surface area contributed by atoms with Crippen molar-refractivity contribution in [3.63, 3.8) is 0 Å². The van der Waals surface area contributed by atoms with Gasteiger partial charge in [0.25, 0.3) is 0 Å². The molecule has 6 heteroatoms. The molecule has 2 atom stereocenters. The molecular weight excluding hydrogens is 506 g/mol. The average molecular weight is 550 g/mol. The van der Waals surface area contributed by atoms with Gasteiger partial charge in [-0.2, -0.15) is 0 Å². The number of ether oxygens (including phenoxy) is 2. The minimum absolute atomic E-state index is 0.167. The highest BCUT2D eigenvalue weighted by molar-refractivity contribution is 7.98. The van der Waals surface area contributed by atoms with Gasteiger partial charge in [-0.25, -0.2) is 4.79 Å². The lowest BCUT2D eigenvalue weighted by Gasteiger charge is -2.29. The van der Waals surface area contributed by atoms with Crippen LogP contribution in [0, 0.1) is 13.8 Å². The van der Waals surface area contributed by atoms with Crippen molar-refractivity contribution in [2.75, 3.05) is 26.0 Å². The zero-order chi connectivity index (χ0) is 28.6. The number of aryl methyl sites for hydroxylation is 2. The number of benzene rings is 3. The Labute approximate surface area is 238 Å². The number of carbonyl (C=O) groups is 1. The second-order valence-electron chi connectivity index (χ2n) is 10.7. The van der Waals surface area contributed by atoms with E-state index < -0.39 is 6.10 Å². The van der Waals surface area contributed by atoms with Gasteiger partial charge in [-0.05, 0) is 99.7 Å². The Kier molecular flexibility index (Phi) is 11.2. The monoisotopic (exact) mass is 549 g/mol. The molecule has 3 aromatic carbocycles. The Morgan fingerprint density at radius 1 is 1.05 bits per heavy atom. The van der Waals surface area contributed by atoms with E-state index >= 15 is 0 Å². The van der Waals surface area contributed by atoms with Crippen molar-refractivity contribution >= 4 is 17.7 Å². The topological polar surface area (TPSA) is 67.8 Å². The van der Waals surface area contributed by atoms with E-state index in [1.165, 1.54) is 16.0 Å². The molecule has 0 saturated carbocycles. The van der Waals surface area contributed by atoms with Crippen LogP contribution in [-0.4, -0.2) is 48.7 Å². The number of rotatable bonds is 13. The summed E-state index contributed by atoms with van der Waals surface area (Å²) in [5.74, 6) is -0.305. The first-order valence-corrected chi connectivity index (χ1v) is 14.8. The lowest BCUT2D eigenvalue weighted by atomic mass is 9.94. The minimum Gasteiger partial charge on any atom is -0.462 e. The fourth-order valence-corrected chi connectivity index (χ4v) is 5.39. The highest BCUT2D eigenvalue weighted by Crippen LogP contribution is 2.31. The van der Waals surface area contributed by atoms with Gasteiger partial charge in [-0.3, -0.25) is 0 Å². The molecule has 0 unspecified atom stereocenters. The minimum atomic E-state index is -0.634. The molecular formula is C33H43NO4S. The van der Waals surface area contributed by atoms with Gasteiger partial charge in [0.05, 0.1) is 31.0 Å². The Morgan fingerprint density at radius 2 is 1.79 bits per heavy atom. The molecule has 0 aliphatic carbocycles. The molecule has 3 rings (SSSR count). The predicted molar refractivity (Wildman–Crippen MR) is 162 cm³/mol. The molecule has 0 aromatic heterocycles. The highest BCUT2D eigenvalue weighted by Gasteiger charge is 2.21. The lowest BCUT2D eigenvalue weighted by molar-refractivity contribution is -0.00397. The van der Waals surface area contributed by atoms with Crippen LogP contribution in [0.1, 0.15) is 66.4 Å². The molecule has 5 nitrogen and oxygen atoms in total. The number of carbonyl (C=O) groups excluding carboxylic acids is 1. The number of hydrogen-bond acceptors (Lipinski definition) is 6. The van der Waals surface area contributed by atoms with Crippen molar-refractivity contribution in [1.82, 2.24) is 5.32 Å². The van der Waals surface area contributed by atoms with Crippen LogP contribution >= 0.6 is 11.8 Å². The molecule has 0 aliphatic rings. The summed E-state index contributed by atoms with van der Waals surface area (Å²) in [6.07, 6.45) is 2.12. The van der Waals surface area contributed by atoms with Crippen LogP contribution in [0.3, 0.4) is 0 Å². The van der Waals surface area contributed by atoms with Gasteiger partial charge in [0.1, 0.15) is 0 Å². The normalized spacial score (nSPS) is 13.2. The maximum Gasteiger partial charge on any atom is 0.338 e. The number of esters is 1. The van der Waals surface area contributed by atoms with E-state index in [0.29, 0.717) is 18.7 Å². The second kappa shape index (κ2) is 14.1. The van der Waals surface area contributed by atoms with Gasteiger partial charge in [0.2, 0.25) is 0 Å². The molecule has 0 amide bonds. The summed E-state index contributed by atoms with van der Waals surface area (Å²) in [5, 5.41) is 14.2. The predicted octanol–water partition coefficient (Wildman–Crippen LogP) is 6.92. The summed E-state index contributed by atoms with van der Waals surface area (Å²) in [6.45, 7) is 13.2. The van der Waals surface area contributed by atoms with Gasteiger partial charge in [0, 0.05) is 17.0 Å². The molecule has 2 N–H and O–H groups in total. The van der Waals surface area contributed by atoms with Crippen LogP contribution in [-0.2, 0) is 15.9 Å². The molecule has 210 valence electrons. The maximum absolute atomic E-state index is 12.2. The Hall–Kier alpha value is -2.64. The number of aliphatic hydroxyl groups is 1. The number of nitrogens with one attached hydrogen (secondary N) is 1. The first-order chi connectivity index (χ1) is 18.5. The standard InChI is InChI=1S/C33H43NO4S/c1-8-37-32(36)28-15-14-26(18-22(28)2)30-12-10-9-11-29(30)24(4)38-21-27(35)20-34-33(5,6)19-25-13-16-31(39-7)23(3)17-25/h9-18,24,27,34-35H,8,19-21H2,1-7H3/t24-,27+/m1/s1. The summed E-state index contributed by atoms with van der Waals surface area (Å²) in [6, 6.07) is 20.5. The molecule has 0 bridgehead atoms. The maximum atomic E-state index is 12.2. The molecule has 0 radical (unpaired) electrons. The zero-order valence-electron chi connectivity index (χ0n) is 24.3. The van der Waals surface area contributed by atoms with Crippen LogP contribution in [0.4, 0.5) is 0 Å². The fourth-order valence-electron chi connectivity index (χ4n) is 4.80. The van der Waals surface area contributed by atoms with E-state index in [-0.39, 0.29) is 24.2 Å². The third-order valence-corrected chi connectivity index (χ3v) is 7.79. The van der Waals surface area contributed by atoms with Gasteiger partial charge in [0.15, 0.2) is 0 Å². The number of aliphatic hydroxyl groups excluding tert-OH is 1. The zero-order valence-corrected chi connectivity index (χ0v) is 25.2. The first-order valence-electron chi connectivity index (χ1n) is 13.6. The van der Waals surface area contributed by atoms with Crippen LogP contribution in [0.25, 0.3) is 11.1 Å². The second-order valence-corrected chi connectivity index (χ2v) is 11.6. The molecule has 0 aliphatic heterocycles. The van der Waals surface area contributed by atoms with Crippen LogP contribution in [0.2, 0.25) is 0 Å². The molecule has 0 saturated heterocycles. The summed E-state index contributed by atoms with van der Waals surface area (Å²) in [4.78, 5) is 13.5. The summed E-state index contributed by atoms with van der Waals surface area (Å²) >= 11 is 1.77. The van der Waals surface area contributed by atoms with Crippen LogP contribution < -0.4 is 5.32 Å². The van der Waals surface area contributed by atoms with E-state index in [1.807, 2.05) is 50.2 Å². The number of hydrogen-bond donors (Lipinski definition) is 2. The van der Waals surface area contributed by atoms with Crippen molar-refractivity contribution < 1.29 is 19.4 Å². The van der Waals surface area contributed by atoms with Crippen molar-refractivity contribution in [3.8, 4) is 11.1 Å². The quantitative estimate of drug-likeness (QED) is 0.178. The van der Waals surface area contributed by atoms with E-state index in [9.17, 15) is 9.90 Å². The molecule has 3 aromatic rings. The van der Waals surface area contributed by atoms with E-state index in [1.54, 1.807) is 18.7 Å². The summed E-state index contributed by atoms with van der Waals surface area (Å²) in [5.41, 5.74) is 6.94. The van der Waals surface area contributed by atoms with Crippen LogP contribution in [0.5, 0.6) is 0 Å². The van der Waals surface area contributed by atoms with Gasteiger partial charge >= 0.3 is 5.97 Å². The molecule has 39 heavy (non-hydrogen) atoms. The Bertz CT molecular complexity index is 1260. The largest absolute Gasteiger partial charge is 0.462 e. The van der Waals surface area contributed by atoms with Crippen molar-refractivity contribution in [2.24, 2.45) is 0 Å².